The molecule has 1 rings (SSSR count). The minimum atomic E-state index is -0.383. The lowest BCUT2D eigenvalue weighted by molar-refractivity contribution is 0.219. The molecule has 0 saturated carbocycles. The van der Waals surface area contributed by atoms with Crippen LogP contribution in [0.4, 0.5) is 4.79 Å². The summed E-state index contributed by atoms with van der Waals surface area (Å²) in [6, 6.07) is 3.23. The van der Waals surface area contributed by atoms with Crippen molar-refractivity contribution in [2.24, 2.45) is 0 Å². The van der Waals surface area contributed by atoms with Crippen LogP contribution in [0.2, 0.25) is 5.02 Å². The zero-order chi connectivity index (χ0) is 13.5. The number of carbonyl (C=O) groups excluding carboxylic acids is 1. The molecule has 0 unspecified atom stereocenters. The summed E-state index contributed by atoms with van der Waals surface area (Å²) in [6.45, 7) is 3.96. The molecule has 0 saturated heterocycles. The monoisotopic (exact) mass is 272 g/mol. The Bertz CT molecular complexity index is 401. The second-order valence-electron chi connectivity index (χ2n) is 3.82. The smallest absolute Gasteiger partial charge is 0.317 e. The Morgan fingerprint density at radius 3 is 2.50 bits per heavy atom. The number of carbonyl (C=O) groups is 1. The van der Waals surface area contributed by atoms with E-state index >= 15 is 0 Å². The molecule has 0 heterocycles. The van der Waals surface area contributed by atoms with Crippen LogP contribution in [0, 0.1) is 13.8 Å². The van der Waals surface area contributed by atoms with Gasteiger partial charge < -0.3 is 20.5 Å². The van der Waals surface area contributed by atoms with E-state index in [9.17, 15) is 4.79 Å². The van der Waals surface area contributed by atoms with Gasteiger partial charge in [0, 0.05) is 11.6 Å². The average molecular weight is 273 g/mol. The number of aliphatic hydroxyl groups is 1. The van der Waals surface area contributed by atoms with E-state index in [4.69, 9.17) is 21.4 Å². The van der Waals surface area contributed by atoms with E-state index in [1.54, 1.807) is 0 Å². The third-order valence-electron chi connectivity index (χ3n) is 2.28. The number of hydrogen-bond acceptors (Lipinski definition) is 3. The largest absolute Gasteiger partial charge is 0.473 e. The Labute approximate surface area is 111 Å². The number of ether oxygens (including phenoxy) is 1. The van der Waals surface area contributed by atoms with Gasteiger partial charge in [0.1, 0.15) is 5.75 Å². The number of amides is 2. The first-order chi connectivity index (χ1) is 8.54. The molecular formula is C12H17ClN2O3. The van der Waals surface area contributed by atoms with Crippen LogP contribution in [0.3, 0.4) is 0 Å². The van der Waals surface area contributed by atoms with Crippen LogP contribution < -0.4 is 15.4 Å². The summed E-state index contributed by atoms with van der Waals surface area (Å²) in [5.41, 5.74) is 1.85. The predicted molar refractivity (Wildman–Crippen MR) is 70.0 cm³/mol. The Morgan fingerprint density at radius 1 is 1.33 bits per heavy atom. The summed E-state index contributed by atoms with van der Waals surface area (Å²) in [5, 5.41) is 14.2. The first-order valence-electron chi connectivity index (χ1n) is 5.56. The molecule has 0 bridgehead atoms. The molecule has 100 valence electrons. The molecule has 1 aromatic carbocycles. The van der Waals surface area contributed by atoms with E-state index in [-0.39, 0.29) is 25.9 Å². The number of aryl methyl sites for hydroxylation is 2. The second kappa shape index (κ2) is 7.08. The third kappa shape index (κ3) is 4.43. The molecule has 0 spiro atoms. The Kier molecular flexibility index (Phi) is 5.74. The lowest BCUT2D eigenvalue weighted by Gasteiger charge is -2.11. The topological polar surface area (TPSA) is 70.6 Å². The lowest BCUT2D eigenvalue weighted by Crippen LogP contribution is -2.38. The zero-order valence-corrected chi connectivity index (χ0v) is 11.2. The highest BCUT2D eigenvalue weighted by atomic mass is 35.5. The molecule has 0 aliphatic heterocycles. The molecule has 6 heteroatoms. The Morgan fingerprint density at radius 2 is 1.94 bits per heavy atom. The van der Waals surface area contributed by atoms with Crippen molar-refractivity contribution in [3.05, 3.63) is 28.3 Å². The predicted octanol–water partition coefficient (Wildman–Crippen LogP) is 1.58. The van der Waals surface area contributed by atoms with Gasteiger partial charge in [0.05, 0.1) is 6.61 Å². The highest BCUT2D eigenvalue weighted by molar-refractivity contribution is 6.32. The maximum atomic E-state index is 11.1. The number of nitrogens with one attached hydrogen (secondary N) is 2. The number of urea groups is 1. The standard InChI is InChI=1S/C12H17ClN2O3/c1-8-5-10(6-9(2)11(8)13)18-7-15-12(17)14-3-4-16/h5-6,16H,3-4,7H2,1-2H3,(H2,14,15,17). The zero-order valence-electron chi connectivity index (χ0n) is 10.4. The van der Waals surface area contributed by atoms with Crippen LogP contribution in [0.25, 0.3) is 0 Å². The number of halogens is 1. The minimum absolute atomic E-state index is 0.0533. The van der Waals surface area contributed by atoms with Crippen LogP contribution >= 0.6 is 11.6 Å². The Hall–Kier alpha value is -1.46. The van der Waals surface area contributed by atoms with E-state index in [1.165, 1.54) is 0 Å². The number of hydrogen-bond donors (Lipinski definition) is 3. The maximum absolute atomic E-state index is 11.1. The molecule has 1 aromatic rings. The molecule has 3 N–H and O–H groups in total. The van der Waals surface area contributed by atoms with Crippen molar-refractivity contribution >= 4 is 17.6 Å². The molecule has 0 aromatic heterocycles. The lowest BCUT2D eigenvalue weighted by atomic mass is 10.1. The van der Waals surface area contributed by atoms with E-state index in [0.29, 0.717) is 5.75 Å². The number of aliphatic hydroxyl groups excluding tert-OH is 1. The SMILES string of the molecule is Cc1cc(OCNC(=O)NCCO)cc(C)c1Cl. The van der Waals surface area contributed by atoms with Crippen LogP contribution in [0.15, 0.2) is 12.1 Å². The molecule has 0 aliphatic carbocycles. The fourth-order valence-corrected chi connectivity index (χ4v) is 1.52. The number of rotatable bonds is 5. The minimum Gasteiger partial charge on any atom is -0.473 e. The van der Waals surface area contributed by atoms with Gasteiger partial charge in [-0.15, -0.1) is 0 Å². The van der Waals surface area contributed by atoms with Crippen molar-refractivity contribution < 1.29 is 14.6 Å². The van der Waals surface area contributed by atoms with Crippen LogP contribution in [-0.4, -0.2) is 31.0 Å². The van der Waals surface area contributed by atoms with Gasteiger partial charge in [0.15, 0.2) is 6.73 Å². The summed E-state index contributed by atoms with van der Waals surface area (Å²) >= 11 is 6.03. The normalized spacial score (nSPS) is 10.0. The van der Waals surface area contributed by atoms with Crippen LogP contribution in [0.1, 0.15) is 11.1 Å². The Balaban J connectivity index is 2.42. The fourth-order valence-electron chi connectivity index (χ4n) is 1.41. The highest BCUT2D eigenvalue weighted by Gasteiger charge is 2.04. The van der Waals surface area contributed by atoms with Crippen molar-refractivity contribution in [2.45, 2.75) is 13.8 Å². The van der Waals surface area contributed by atoms with Gasteiger partial charge >= 0.3 is 6.03 Å². The highest BCUT2D eigenvalue weighted by Crippen LogP contribution is 2.25. The van der Waals surface area contributed by atoms with Gasteiger partial charge in [-0.05, 0) is 37.1 Å². The molecule has 2 amide bonds. The van der Waals surface area contributed by atoms with E-state index in [2.05, 4.69) is 10.6 Å². The molecular weight excluding hydrogens is 256 g/mol. The molecule has 5 nitrogen and oxygen atoms in total. The van der Waals surface area contributed by atoms with Gasteiger partial charge in [-0.25, -0.2) is 4.79 Å². The molecule has 0 atom stereocenters. The van der Waals surface area contributed by atoms with Crippen molar-refractivity contribution in [2.75, 3.05) is 19.9 Å². The van der Waals surface area contributed by atoms with Crippen LogP contribution in [0.5, 0.6) is 5.75 Å². The first kappa shape index (κ1) is 14.6. The molecule has 0 fully saturated rings. The van der Waals surface area contributed by atoms with Gasteiger partial charge in [0.2, 0.25) is 0 Å². The van der Waals surface area contributed by atoms with Crippen molar-refractivity contribution in [1.82, 2.24) is 10.6 Å². The van der Waals surface area contributed by atoms with Gasteiger partial charge in [-0.2, -0.15) is 0 Å². The summed E-state index contributed by atoms with van der Waals surface area (Å²) in [5.74, 6) is 0.650. The fraction of sp³-hybridized carbons (Fsp3) is 0.417. The van der Waals surface area contributed by atoms with Gasteiger partial charge in [0.25, 0.3) is 0 Å². The first-order valence-corrected chi connectivity index (χ1v) is 5.94. The van der Waals surface area contributed by atoms with Crippen molar-refractivity contribution in [3.8, 4) is 5.75 Å². The summed E-state index contributed by atoms with van der Waals surface area (Å²) < 4.78 is 5.38. The van der Waals surface area contributed by atoms with E-state index < -0.39 is 0 Å². The summed E-state index contributed by atoms with van der Waals surface area (Å²) in [6.07, 6.45) is 0. The molecule has 0 aliphatic rings. The van der Waals surface area contributed by atoms with Crippen molar-refractivity contribution in [1.29, 1.82) is 0 Å². The quantitative estimate of drug-likeness (QED) is 0.713. The molecule has 18 heavy (non-hydrogen) atoms. The summed E-state index contributed by atoms with van der Waals surface area (Å²) in [4.78, 5) is 11.1. The van der Waals surface area contributed by atoms with Crippen LogP contribution in [-0.2, 0) is 0 Å². The van der Waals surface area contributed by atoms with E-state index in [1.807, 2.05) is 26.0 Å². The second-order valence-corrected chi connectivity index (χ2v) is 4.19. The molecule has 0 radical (unpaired) electrons. The third-order valence-corrected chi connectivity index (χ3v) is 2.88. The van der Waals surface area contributed by atoms with Gasteiger partial charge in [-0.3, -0.25) is 0 Å². The maximum Gasteiger partial charge on any atom is 0.317 e. The van der Waals surface area contributed by atoms with E-state index in [0.717, 1.165) is 16.1 Å². The van der Waals surface area contributed by atoms with Crippen molar-refractivity contribution in [3.63, 3.8) is 0 Å². The average Bonchev–Trinajstić information content (AvgIpc) is 2.33. The number of benzene rings is 1. The summed E-state index contributed by atoms with van der Waals surface area (Å²) in [7, 11) is 0. The van der Waals surface area contributed by atoms with Gasteiger partial charge in [-0.1, -0.05) is 11.6 Å².